The molecule has 0 unspecified atom stereocenters. The first-order valence-electron chi connectivity index (χ1n) is 11.2. The number of hydrogen-bond acceptors (Lipinski definition) is 7. The molecule has 2 aromatic rings. The lowest BCUT2D eigenvalue weighted by molar-refractivity contribution is 0.324. The summed E-state index contributed by atoms with van der Waals surface area (Å²) in [4.78, 5) is 13.1. The minimum Gasteiger partial charge on any atom is -0.374 e. The molecule has 1 aromatic carbocycles. The lowest BCUT2D eigenvalue weighted by Gasteiger charge is -2.29. The Kier molecular flexibility index (Phi) is 8.48. The Morgan fingerprint density at radius 2 is 1.81 bits per heavy atom. The fourth-order valence-corrected chi connectivity index (χ4v) is 4.00. The van der Waals surface area contributed by atoms with E-state index in [0.717, 1.165) is 55.8 Å². The Morgan fingerprint density at radius 1 is 1.06 bits per heavy atom. The maximum atomic E-state index is 8.72. The van der Waals surface area contributed by atoms with E-state index in [1.807, 2.05) is 38.3 Å². The van der Waals surface area contributed by atoms with Gasteiger partial charge in [0.25, 0.3) is 0 Å². The molecule has 0 spiro atoms. The van der Waals surface area contributed by atoms with Crippen molar-refractivity contribution in [3.05, 3.63) is 42.1 Å². The maximum Gasteiger partial charge on any atom is 0.224 e. The Morgan fingerprint density at radius 3 is 2.48 bits per heavy atom. The molecule has 0 amide bonds. The summed E-state index contributed by atoms with van der Waals surface area (Å²) in [6.07, 6.45) is 7.13. The van der Waals surface area contributed by atoms with Gasteiger partial charge in [-0.05, 0) is 61.9 Å². The molecule has 7 nitrogen and oxygen atoms in total. The zero-order chi connectivity index (χ0) is 22.1. The van der Waals surface area contributed by atoms with Crippen molar-refractivity contribution in [3.8, 4) is 6.07 Å². The smallest absolute Gasteiger partial charge is 0.224 e. The highest BCUT2D eigenvalue weighted by molar-refractivity contribution is 5.47. The third-order valence-electron chi connectivity index (χ3n) is 5.98. The molecule has 1 aliphatic carbocycles. The first-order valence-corrected chi connectivity index (χ1v) is 11.2. The number of benzene rings is 1. The largest absolute Gasteiger partial charge is 0.374 e. The van der Waals surface area contributed by atoms with Crippen molar-refractivity contribution < 1.29 is 0 Å². The predicted octanol–water partition coefficient (Wildman–Crippen LogP) is 3.65. The summed E-state index contributed by atoms with van der Waals surface area (Å²) in [5, 5.41) is 15.9. The summed E-state index contributed by atoms with van der Waals surface area (Å²) in [7, 11) is 6.02. The van der Waals surface area contributed by atoms with Gasteiger partial charge >= 0.3 is 0 Å². The van der Waals surface area contributed by atoms with E-state index in [2.05, 4.69) is 55.8 Å². The van der Waals surface area contributed by atoms with Gasteiger partial charge < -0.3 is 20.4 Å². The quantitative estimate of drug-likeness (QED) is 0.606. The summed E-state index contributed by atoms with van der Waals surface area (Å²) in [6.45, 7) is 2.72. The topological polar surface area (TPSA) is 80.1 Å². The minimum absolute atomic E-state index is 0.458. The Hall–Kier alpha value is -2.85. The SMILES string of the molecule is CN(C)c1ccnc(N[C@H]2CC[C@@H](CNCc3ccc(N(C)CCC#N)cc3)CC2)n1. The Labute approximate surface area is 186 Å². The van der Waals surface area contributed by atoms with Crippen molar-refractivity contribution in [3.63, 3.8) is 0 Å². The monoisotopic (exact) mass is 421 g/mol. The molecule has 2 N–H and O–H groups in total. The van der Waals surface area contributed by atoms with Gasteiger partial charge in [0.05, 0.1) is 12.5 Å². The molecule has 7 heteroatoms. The first kappa shape index (κ1) is 22.8. The van der Waals surface area contributed by atoms with Gasteiger partial charge in [-0.15, -0.1) is 0 Å². The Bertz CT molecular complexity index is 836. The number of nitriles is 1. The zero-order valence-corrected chi connectivity index (χ0v) is 19.0. The molecule has 0 bridgehead atoms. The molecular formula is C24H35N7. The lowest BCUT2D eigenvalue weighted by atomic mass is 9.86. The van der Waals surface area contributed by atoms with Crippen LogP contribution >= 0.6 is 0 Å². The second kappa shape index (κ2) is 11.5. The van der Waals surface area contributed by atoms with Gasteiger partial charge in [-0.25, -0.2) is 4.98 Å². The molecule has 1 saturated carbocycles. The molecule has 31 heavy (non-hydrogen) atoms. The van der Waals surface area contributed by atoms with Crippen LogP contribution in [0.25, 0.3) is 0 Å². The zero-order valence-electron chi connectivity index (χ0n) is 19.0. The number of rotatable bonds is 10. The van der Waals surface area contributed by atoms with Gasteiger partial charge in [0, 0.05) is 52.2 Å². The van der Waals surface area contributed by atoms with Crippen LogP contribution in [0.2, 0.25) is 0 Å². The van der Waals surface area contributed by atoms with Crippen molar-refractivity contribution in [2.75, 3.05) is 49.3 Å². The van der Waals surface area contributed by atoms with Crippen LogP contribution < -0.4 is 20.4 Å². The summed E-state index contributed by atoms with van der Waals surface area (Å²) < 4.78 is 0. The normalized spacial score (nSPS) is 18.3. The van der Waals surface area contributed by atoms with Crippen LogP contribution in [0, 0.1) is 17.2 Å². The highest BCUT2D eigenvalue weighted by Gasteiger charge is 2.21. The molecule has 0 atom stereocenters. The van der Waals surface area contributed by atoms with Crippen LogP contribution in [-0.4, -0.2) is 50.2 Å². The van der Waals surface area contributed by atoms with Crippen LogP contribution in [0.15, 0.2) is 36.5 Å². The summed E-state index contributed by atoms with van der Waals surface area (Å²) >= 11 is 0. The maximum absolute atomic E-state index is 8.72. The van der Waals surface area contributed by atoms with Crippen LogP contribution in [0.3, 0.4) is 0 Å². The van der Waals surface area contributed by atoms with Gasteiger partial charge in [-0.1, -0.05) is 12.1 Å². The minimum atomic E-state index is 0.458. The van der Waals surface area contributed by atoms with Crippen LogP contribution in [-0.2, 0) is 6.54 Å². The molecule has 1 aromatic heterocycles. The summed E-state index contributed by atoms with van der Waals surface area (Å²) in [6, 6.07) is 13.2. The number of anilines is 3. The first-order chi connectivity index (χ1) is 15.0. The molecule has 1 aliphatic rings. The predicted molar refractivity (Wildman–Crippen MR) is 127 cm³/mol. The summed E-state index contributed by atoms with van der Waals surface area (Å²) in [5.74, 6) is 2.38. The van der Waals surface area contributed by atoms with Crippen molar-refractivity contribution in [1.82, 2.24) is 15.3 Å². The van der Waals surface area contributed by atoms with E-state index >= 15 is 0 Å². The third-order valence-corrected chi connectivity index (χ3v) is 5.98. The number of nitrogens with one attached hydrogen (secondary N) is 2. The highest BCUT2D eigenvalue weighted by Crippen LogP contribution is 2.26. The van der Waals surface area contributed by atoms with Crippen molar-refractivity contribution in [1.29, 1.82) is 5.26 Å². The fraction of sp³-hybridized carbons (Fsp3) is 0.542. The molecule has 3 rings (SSSR count). The highest BCUT2D eigenvalue weighted by atomic mass is 15.2. The average Bonchev–Trinajstić information content (AvgIpc) is 2.79. The van der Waals surface area contributed by atoms with E-state index in [4.69, 9.17) is 5.26 Å². The average molecular weight is 422 g/mol. The number of aromatic nitrogens is 2. The van der Waals surface area contributed by atoms with Crippen molar-refractivity contribution in [2.24, 2.45) is 5.92 Å². The second-order valence-corrected chi connectivity index (χ2v) is 8.62. The molecule has 0 aliphatic heterocycles. The summed E-state index contributed by atoms with van der Waals surface area (Å²) in [5.41, 5.74) is 2.45. The molecule has 0 radical (unpaired) electrons. The van der Waals surface area contributed by atoms with Crippen LogP contribution in [0.1, 0.15) is 37.7 Å². The van der Waals surface area contributed by atoms with Gasteiger partial charge in [0.15, 0.2) is 0 Å². The molecule has 0 saturated heterocycles. The second-order valence-electron chi connectivity index (χ2n) is 8.62. The Balaban J connectivity index is 1.36. The van der Waals surface area contributed by atoms with E-state index in [1.54, 1.807) is 0 Å². The lowest BCUT2D eigenvalue weighted by Crippen LogP contribution is -2.31. The van der Waals surface area contributed by atoms with E-state index in [1.165, 1.54) is 18.4 Å². The van der Waals surface area contributed by atoms with Crippen molar-refractivity contribution >= 4 is 17.5 Å². The van der Waals surface area contributed by atoms with Crippen molar-refractivity contribution in [2.45, 2.75) is 44.7 Å². The fourth-order valence-electron chi connectivity index (χ4n) is 4.00. The third kappa shape index (κ3) is 7.11. The molecule has 166 valence electrons. The van der Waals surface area contributed by atoms with Crippen LogP contribution in [0.5, 0.6) is 0 Å². The molecular weight excluding hydrogens is 386 g/mol. The number of hydrogen-bond donors (Lipinski definition) is 2. The van der Waals surface area contributed by atoms with E-state index in [9.17, 15) is 0 Å². The molecule has 1 heterocycles. The van der Waals surface area contributed by atoms with Gasteiger partial charge in [0.1, 0.15) is 5.82 Å². The van der Waals surface area contributed by atoms with E-state index < -0.39 is 0 Å². The van der Waals surface area contributed by atoms with E-state index in [-0.39, 0.29) is 0 Å². The number of nitrogens with zero attached hydrogens (tertiary/aromatic N) is 5. The molecule has 1 fully saturated rings. The van der Waals surface area contributed by atoms with Gasteiger partial charge in [0.2, 0.25) is 5.95 Å². The van der Waals surface area contributed by atoms with Crippen LogP contribution in [0.4, 0.5) is 17.5 Å². The van der Waals surface area contributed by atoms with Gasteiger partial charge in [-0.2, -0.15) is 10.2 Å². The van der Waals surface area contributed by atoms with Gasteiger partial charge in [-0.3, -0.25) is 0 Å². The van der Waals surface area contributed by atoms with E-state index in [0.29, 0.717) is 12.5 Å². The standard InChI is InChI=1S/C24H35N7/c1-30(2)23-13-15-27-24(29-23)28-21-9-5-19(6-10-21)17-26-18-20-7-11-22(12-8-20)31(3)16-4-14-25/h7-8,11-13,15,19,21,26H,4-6,9-10,16-18H2,1-3H3,(H,27,28,29)/t19-,21+.